The van der Waals surface area contributed by atoms with E-state index in [9.17, 15) is 18.0 Å². The quantitative estimate of drug-likeness (QED) is 0.504. The lowest BCUT2D eigenvalue weighted by Crippen LogP contribution is -2.36. The first-order chi connectivity index (χ1) is 11.7. The van der Waals surface area contributed by atoms with Crippen molar-refractivity contribution in [2.24, 2.45) is 0 Å². The minimum atomic E-state index is -3.71. The minimum absolute atomic E-state index is 0.116. The first kappa shape index (κ1) is 20.9. The zero-order chi connectivity index (χ0) is 19.0. The Balaban J connectivity index is 2.53. The van der Waals surface area contributed by atoms with Gasteiger partial charge in [-0.3, -0.25) is 9.59 Å². The highest BCUT2D eigenvalue weighted by atomic mass is 32.2. The number of esters is 1. The summed E-state index contributed by atoms with van der Waals surface area (Å²) in [6.07, 6.45) is 0.376. The molecule has 0 heterocycles. The van der Waals surface area contributed by atoms with Gasteiger partial charge in [0.25, 0.3) is 5.91 Å². The van der Waals surface area contributed by atoms with Crippen LogP contribution in [0.3, 0.4) is 0 Å². The van der Waals surface area contributed by atoms with Gasteiger partial charge in [-0.1, -0.05) is 18.2 Å². The summed E-state index contributed by atoms with van der Waals surface area (Å²) in [7, 11) is -3.71. The Morgan fingerprint density at radius 3 is 2.64 bits per heavy atom. The minimum Gasteiger partial charge on any atom is -0.453 e. The molecule has 0 saturated heterocycles. The average Bonchev–Trinajstić information content (AvgIpc) is 2.54. The van der Waals surface area contributed by atoms with Crippen LogP contribution in [0.1, 0.15) is 24.5 Å². The van der Waals surface area contributed by atoms with Crippen LogP contribution in [0.2, 0.25) is 0 Å². The lowest BCUT2D eigenvalue weighted by molar-refractivity contribution is -0.154. The third-order valence-electron chi connectivity index (χ3n) is 3.35. The zero-order valence-corrected chi connectivity index (χ0v) is 15.5. The summed E-state index contributed by atoms with van der Waals surface area (Å²) >= 11 is 0. The van der Waals surface area contributed by atoms with Crippen LogP contribution < -0.4 is 10.0 Å². The summed E-state index contributed by atoms with van der Waals surface area (Å²) in [6, 6.07) is 5.12. The van der Waals surface area contributed by atoms with Crippen molar-refractivity contribution in [1.82, 2.24) is 10.0 Å². The molecule has 8 heteroatoms. The Labute approximate surface area is 148 Å². The molecule has 0 unspecified atom stereocenters. The largest absolute Gasteiger partial charge is 0.453 e. The van der Waals surface area contributed by atoms with E-state index in [1.807, 2.05) is 6.07 Å². The van der Waals surface area contributed by atoms with Crippen LogP contribution in [-0.2, 0) is 24.3 Å². The van der Waals surface area contributed by atoms with Crippen LogP contribution in [0.4, 0.5) is 0 Å². The predicted octanol–water partition coefficient (Wildman–Crippen LogP) is 1.21. The molecule has 1 aromatic carbocycles. The number of hydrogen-bond acceptors (Lipinski definition) is 5. The molecule has 2 N–H and O–H groups in total. The van der Waals surface area contributed by atoms with Crippen molar-refractivity contribution in [2.45, 2.75) is 38.2 Å². The predicted molar refractivity (Wildman–Crippen MR) is 94.5 cm³/mol. The molecular weight excluding hydrogens is 344 g/mol. The Morgan fingerprint density at radius 2 is 2.00 bits per heavy atom. The SMILES string of the molecule is C=CCNC(=O)[C@@H](C)OC(=O)CCNS(=O)(=O)c1cc(C)ccc1C. The smallest absolute Gasteiger partial charge is 0.307 e. The van der Waals surface area contributed by atoms with Gasteiger partial charge in [-0.15, -0.1) is 6.58 Å². The molecule has 0 aliphatic carbocycles. The Bertz CT molecular complexity index is 743. The fourth-order valence-electron chi connectivity index (χ4n) is 1.99. The number of benzene rings is 1. The van der Waals surface area contributed by atoms with Crippen LogP contribution in [0.15, 0.2) is 35.7 Å². The van der Waals surface area contributed by atoms with Crippen LogP contribution in [0, 0.1) is 13.8 Å². The highest BCUT2D eigenvalue weighted by Gasteiger charge is 2.19. The van der Waals surface area contributed by atoms with Gasteiger partial charge < -0.3 is 10.1 Å². The number of rotatable bonds is 9. The number of aryl methyl sites for hydroxylation is 2. The van der Waals surface area contributed by atoms with Crippen molar-refractivity contribution in [3.8, 4) is 0 Å². The van der Waals surface area contributed by atoms with Crippen LogP contribution in [0.25, 0.3) is 0 Å². The van der Waals surface area contributed by atoms with Crippen molar-refractivity contribution < 1.29 is 22.7 Å². The van der Waals surface area contributed by atoms with Gasteiger partial charge in [0.05, 0.1) is 11.3 Å². The molecule has 1 rings (SSSR count). The third kappa shape index (κ3) is 6.67. The maximum absolute atomic E-state index is 12.3. The zero-order valence-electron chi connectivity index (χ0n) is 14.7. The van der Waals surface area contributed by atoms with E-state index in [1.165, 1.54) is 13.0 Å². The topological polar surface area (TPSA) is 102 Å². The van der Waals surface area contributed by atoms with Crippen molar-refractivity contribution in [3.63, 3.8) is 0 Å². The van der Waals surface area contributed by atoms with E-state index < -0.39 is 28.0 Å². The second kappa shape index (κ2) is 9.33. The molecule has 0 saturated carbocycles. The molecule has 0 radical (unpaired) electrons. The first-order valence-electron chi connectivity index (χ1n) is 7.82. The molecule has 0 aliphatic rings. The molecule has 1 amide bonds. The Kier molecular flexibility index (Phi) is 7.79. The van der Waals surface area contributed by atoms with E-state index in [4.69, 9.17) is 4.74 Å². The van der Waals surface area contributed by atoms with E-state index in [-0.39, 0.29) is 24.4 Å². The van der Waals surface area contributed by atoms with Crippen LogP contribution in [-0.4, -0.2) is 39.5 Å². The maximum atomic E-state index is 12.3. The second-order valence-electron chi connectivity index (χ2n) is 5.58. The fraction of sp³-hybridized carbons (Fsp3) is 0.412. The van der Waals surface area contributed by atoms with E-state index >= 15 is 0 Å². The van der Waals surface area contributed by atoms with Gasteiger partial charge in [0.2, 0.25) is 10.0 Å². The summed E-state index contributed by atoms with van der Waals surface area (Å²) in [4.78, 5) is 23.5. The van der Waals surface area contributed by atoms with Crippen molar-refractivity contribution in [1.29, 1.82) is 0 Å². The van der Waals surface area contributed by atoms with Gasteiger partial charge in [0, 0.05) is 13.1 Å². The van der Waals surface area contributed by atoms with E-state index in [0.29, 0.717) is 5.56 Å². The number of amides is 1. The lowest BCUT2D eigenvalue weighted by Gasteiger charge is -2.13. The molecule has 0 aromatic heterocycles. The molecule has 1 atom stereocenters. The number of hydrogen-bond donors (Lipinski definition) is 2. The Hall–Kier alpha value is -2.19. The summed E-state index contributed by atoms with van der Waals surface area (Å²) in [5, 5.41) is 2.51. The Morgan fingerprint density at radius 1 is 1.32 bits per heavy atom. The molecule has 7 nitrogen and oxygen atoms in total. The number of sulfonamides is 1. The lowest BCUT2D eigenvalue weighted by atomic mass is 10.2. The molecule has 1 aromatic rings. The normalized spacial score (nSPS) is 12.3. The molecule has 25 heavy (non-hydrogen) atoms. The molecular formula is C17H24N2O5S. The summed E-state index contributed by atoms with van der Waals surface area (Å²) in [5.74, 6) is -1.10. The maximum Gasteiger partial charge on any atom is 0.307 e. The monoisotopic (exact) mass is 368 g/mol. The van der Waals surface area contributed by atoms with Gasteiger partial charge in [-0.2, -0.15) is 0 Å². The second-order valence-corrected chi connectivity index (χ2v) is 7.32. The van der Waals surface area contributed by atoms with Crippen molar-refractivity contribution in [3.05, 3.63) is 42.0 Å². The summed E-state index contributed by atoms with van der Waals surface area (Å²) < 4.78 is 31.9. The number of nitrogens with one attached hydrogen (secondary N) is 2. The molecule has 138 valence electrons. The third-order valence-corrected chi connectivity index (χ3v) is 4.96. The highest BCUT2D eigenvalue weighted by molar-refractivity contribution is 7.89. The van der Waals surface area contributed by atoms with Gasteiger partial charge in [-0.25, -0.2) is 13.1 Å². The summed E-state index contributed by atoms with van der Waals surface area (Å²) in [6.45, 7) is 8.57. The molecule has 0 bridgehead atoms. The first-order valence-corrected chi connectivity index (χ1v) is 9.30. The number of carbonyl (C=O) groups excluding carboxylic acids is 2. The van der Waals surface area contributed by atoms with Crippen molar-refractivity contribution >= 4 is 21.9 Å². The van der Waals surface area contributed by atoms with E-state index in [0.717, 1.165) is 5.56 Å². The molecule has 0 spiro atoms. The van der Waals surface area contributed by atoms with Gasteiger partial charge >= 0.3 is 5.97 Å². The highest BCUT2D eigenvalue weighted by Crippen LogP contribution is 2.16. The van der Waals surface area contributed by atoms with E-state index in [2.05, 4.69) is 16.6 Å². The average molecular weight is 368 g/mol. The molecule has 0 fully saturated rings. The van der Waals surface area contributed by atoms with E-state index in [1.54, 1.807) is 26.0 Å². The van der Waals surface area contributed by atoms with Gasteiger partial charge in [-0.05, 0) is 38.0 Å². The van der Waals surface area contributed by atoms with Crippen molar-refractivity contribution in [2.75, 3.05) is 13.1 Å². The van der Waals surface area contributed by atoms with Gasteiger partial charge in [0.1, 0.15) is 0 Å². The summed E-state index contributed by atoms with van der Waals surface area (Å²) in [5.41, 5.74) is 1.44. The molecule has 0 aliphatic heterocycles. The fourth-order valence-corrected chi connectivity index (χ4v) is 3.35. The van der Waals surface area contributed by atoms with Gasteiger partial charge in [0.15, 0.2) is 6.10 Å². The van der Waals surface area contributed by atoms with Crippen LogP contribution >= 0.6 is 0 Å². The number of ether oxygens (including phenoxy) is 1. The number of carbonyl (C=O) groups is 2. The van der Waals surface area contributed by atoms with Crippen LogP contribution in [0.5, 0.6) is 0 Å². The standard InChI is InChI=1S/C17H24N2O5S/c1-5-9-18-17(21)14(4)24-16(20)8-10-19-25(22,23)15-11-12(2)6-7-13(15)3/h5-7,11,14,19H,1,8-10H2,2-4H3,(H,18,21)/t14-/m1/s1.